The van der Waals surface area contributed by atoms with Crippen LogP contribution in [0, 0.1) is 11.8 Å². The molecule has 2 aromatic rings. The third-order valence-electron chi connectivity index (χ3n) is 4.57. The zero-order chi connectivity index (χ0) is 21.2. The summed E-state index contributed by atoms with van der Waals surface area (Å²) in [4.78, 5) is 11.8. The SMILES string of the molecule is CCOC(=O)C=Cc1cc(OCCC(C)C)c2ccccc2c1OCCC(C)C. The Labute approximate surface area is 174 Å². The normalized spacial score (nSPS) is 11.6. The van der Waals surface area contributed by atoms with Crippen LogP contribution in [-0.4, -0.2) is 25.8 Å². The van der Waals surface area contributed by atoms with Crippen LogP contribution in [0.5, 0.6) is 11.5 Å². The number of carbonyl (C=O) groups excluding carboxylic acids is 1. The van der Waals surface area contributed by atoms with Crippen molar-refractivity contribution in [2.75, 3.05) is 19.8 Å². The summed E-state index contributed by atoms with van der Waals surface area (Å²) in [5.41, 5.74) is 0.819. The average molecular weight is 399 g/mol. The number of hydrogen-bond donors (Lipinski definition) is 0. The standard InChI is InChI=1S/C25H34O4/c1-6-27-24(26)12-11-20-17-23(28-15-13-18(2)3)21-9-7-8-10-22(21)25(20)29-16-14-19(4)5/h7-12,17-19H,6,13-16H2,1-5H3. The van der Waals surface area contributed by atoms with Gasteiger partial charge in [-0.3, -0.25) is 0 Å². The van der Waals surface area contributed by atoms with Crippen molar-refractivity contribution in [1.29, 1.82) is 0 Å². The highest BCUT2D eigenvalue weighted by Crippen LogP contribution is 2.38. The van der Waals surface area contributed by atoms with Gasteiger partial charge in [0.15, 0.2) is 0 Å². The molecule has 2 aromatic carbocycles. The van der Waals surface area contributed by atoms with Crippen LogP contribution in [0.3, 0.4) is 0 Å². The molecule has 158 valence electrons. The summed E-state index contributed by atoms with van der Waals surface area (Å²) in [5.74, 6) is 2.34. The van der Waals surface area contributed by atoms with E-state index in [4.69, 9.17) is 14.2 Å². The zero-order valence-electron chi connectivity index (χ0n) is 18.4. The quantitative estimate of drug-likeness (QED) is 0.331. The highest BCUT2D eigenvalue weighted by Gasteiger charge is 2.14. The number of esters is 1. The van der Waals surface area contributed by atoms with E-state index in [9.17, 15) is 4.79 Å². The van der Waals surface area contributed by atoms with Crippen LogP contribution in [0.2, 0.25) is 0 Å². The first-order chi connectivity index (χ1) is 13.9. The fraction of sp³-hybridized carbons (Fsp3) is 0.480. The highest BCUT2D eigenvalue weighted by atomic mass is 16.5. The third-order valence-corrected chi connectivity index (χ3v) is 4.57. The Balaban J connectivity index is 2.44. The lowest BCUT2D eigenvalue weighted by molar-refractivity contribution is -0.137. The van der Waals surface area contributed by atoms with Gasteiger partial charge < -0.3 is 14.2 Å². The summed E-state index contributed by atoms with van der Waals surface area (Å²) in [5, 5.41) is 2.01. The number of hydrogen-bond acceptors (Lipinski definition) is 4. The van der Waals surface area contributed by atoms with E-state index in [0.29, 0.717) is 31.7 Å². The third kappa shape index (κ3) is 7.12. The molecule has 29 heavy (non-hydrogen) atoms. The first-order valence-electron chi connectivity index (χ1n) is 10.6. The maximum absolute atomic E-state index is 11.8. The molecule has 0 spiro atoms. The fourth-order valence-electron chi connectivity index (χ4n) is 2.89. The van der Waals surface area contributed by atoms with Gasteiger partial charge in [-0.25, -0.2) is 4.79 Å². The van der Waals surface area contributed by atoms with Crippen LogP contribution in [0.25, 0.3) is 16.8 Å². The summed E-state index contributed by atoms with van der Waals surface area (Å²) < 4.78 is 17.3. The molecule has 0 aliphatic rings. The van der Waals surface area contributed by atoms with Gasteiger partial charge in [-0.1, -0.05) is 52.0 Å². The zero-order valence-corrected chi connectivity index (χ0v) is 18.4. The van der Waals surface area contributed by atoms with Gasteiger partial charge >= 0.3 is 5.97 Å². The van der Waals surface area contributed by atoms with Gasteiger partial charge in [-0.15, -0.1) is 0 Å². The first kappa shape index (κ1) is 22.8. The second-order valence-corrected chi connectivity index (χ2v) is 7.99. The molecule has 0 saturated carbocycles. The Morgan fingerprint density at radius 3 is 2.21 bits per heavy atom. The van der Waals surface area contributed by atoms with E-state index in [1.165, 1.54) is 6.08 Å². The van der Waals surface area contributed by atoms with Crippen molar-refractivity contribution in [1.82, 2.24) is 0 Å². The summed E-state index contributed by atoms with van der Waals surface area (Å²) in [6, 6.07) is 10.0. The topological polar surface area (TPSA) is 44.8 Å². The maximum atomic E-state index is 11.8. The predicted octanol–water partition coefficient (Wildman–Crippen LogP) is 6.27. The molecule has 4 heteroatoms. The van der Waals surface area contributed by atoms with Crippen LogP contribution in [0.4, 0.5) is 0 Å². The van der Waals surface area contributed by atoms with Crippen LogP contribution in [0.1, 0.15) is 53.0 Å². The molecule has 4 nitrogen and oxygen atoms in total. The summed E-state index contributed by atoms with van der Waals surface area (Å²) >= 11 is 0. The lowest BCUT2D eigenvalue weighted by Gasteiger charge is -2.17. The van der Waals surface area contributed by atoms with E-state index < -0.39 is 0 Å². The van der Waals surface area contributed by atoms with Crippen molar-refractivity contribution in [2.45, 2.75) is 47.5 Å². The molecule has 0 atom stereocenters. The van der Waals surface area contributed by atoms with E-state index in [0.717, 1.165) is 40.7 Å². The fourth-order valence-corrected chi connectivity index (χ4v) is 2.89. The van der Waals surface area contributed by atoms with Gasteiger partial charge in [0.25, 0.3) is 0 Å². The Kier molecular flexibility index (Phi) is 9.04. The van der Waals surface area contributed by atoms with E-state index in [1.54, 1.807) is 13.0 Å². The molecule has 0 amide bonds. The van der Waals surface area contributed by atoms with Crippen LogP contribution in [-0.2, 0) is 9.53 Å². The molecule has 0 aliphatic carbocycles. The predicted molar refractivity (Wildman–Crippen MR) is 120 cm³/mol. The molecule has 0 aliphatic heterocycles. The molecule has 0 N–H and O–H groups in total. The van der Waals surface area contributed by atoms with Crippen LogP contribution in [0.15, 0.2) is 36.4 Å². The number of rotatable bonds is 11. The van der Waals surface area contributed by atoms with Crippen molar-refractivity contribution in [3.05, 3.63) is 42.0 Å². The van der Waals surface area contributed by atoms with Crippen molar-refractivity contribution in [3.8, 4) is 11.5 Å². The average Bonchev–Trinajstić information content (AvgIpc) is 2.67. The number of benzene rings is 2. The molecule has 0 fully saturated rings. The first-order valence-corrected chi connectivity index (χ1v) is 10.6. The van der Waals surface area contributed by atoms with E-state index >= 15 is 0 Å². The maximum Gasteiger partial charge on any atom is 0.330 e. The molecule has 0 saturated heterocycles. The monoisotopic (exact) mass is 398 g/mol. The Hall–Kier alpha value is -2.49. The Bertz CT molecular complexity index is 821. The van der Waals surface area contributed by atoms with E-state index in [1.807, 2.05) is 30.3 Å². The molecule has 0 bridgehead atoms. The smallest absolute Gasteiger partial charge is 0.330 e. The minimum Gasteiger partial charge on any atom is -0.493 e. The van der Waals surface area contributed by atoms with Gasteiger partial charge in [0.1, 0.15) is 11.5 Å². The van der Waals surface area contributed by atoms with Crippen molar-refractivity contribution in [3.63, 3.8) is 0 Å². The second kappa shape index (κ2) is 11.5. The summed E-state index contributed by atoms with van der Waals surface area (Å²) in [6.45, 7) is 12.1. The van der Waals surface area contributed by atoms with Crippen molar-refractivity contribution < 1.29 is 19.0 Å². The minimum absolute atomic E-state index is 0.349. The summed E-state index contributed by atoms with van der Waals surface area (Å²) in [7, 11) is 0. The second-order valence-electron chi connectivity index (χ2n) is 7.99. The highest BCUT2D eigenvalue weighted by molar-refractivity contribution is 5.98. The lowest BCUT2D eigenvalue weighted by atomic mass is 10.0. The van der Waals surface area contributed by atoms with Crippen LogP contribution >= 0.6 is 0 Å². The summed E-state index contributed by atoms with van der Waals surface area (Å²) in [6.07, 6.45) is 5.14. The molecule has 0 aromatic heterocycles. The number of carbonyl (C=O) groups is 1. The van der Waals surface area contributed by atoms with Gasteiger partial charge in [0.05, 0.1) is 19.8 Å². The molecular formula is C25H34O4. The van der Waals surface area contributed by atoms with Gasteiger partial charge in [0, 0.05) is 22.4 Å². The Morgan fingerprint density at radius 2 is 1.59 bits per heavy atom. The van der Waals surface area contributed by atoms with Crippen molar-refractivity contribution >= 4 is 22.8 Å². The molecule has 2 rings (SSSR count). The molecule has 0 unspecified atom stereocenters. The van der Waals surface area contributed by atoms with E-state index in [-0.39, 0.29) is 5.97 Å². The molecule has 0 heterocycles. The largest absolute Gasteiger partial charge is 0.493 e. The number of ether oxygens (including phenoxy) is 3. The minimum atomic E-state index is -0.365. The number of fused-ring (bicyclic) bond motifs is 1. The van der Waals surface area contributed by atoms with E-state index in [2.05, 4.69) is 27.7 Å². The van der Waals surface area contributed by atoms with Gasteiger partial charge in [-0.05, 0) is 43.7 Å². The Morgan fingerprint density at radius 1 is 0.966 bits per heavy atom. The molecular weight excluding hydrogens is 364 g/mol. The lowest BCUT2D eigenvalue weighted by Crippen LogP contribution is -2.05. The van der Waals surface area contributed by atoms with Crippen molar-refractivity contribution in [2.24, 2.45) is 11.8 Å². The van der Waals surface area contributed by atoms with Gasteiger partial charge in [0.2, 0.25) is 0 Å². The van der Waals surface area contributed by atoms with Crippen LogP contribution < -0.4 is 9.47 Å². The molecule has 0 radical (unpaired) electrons. The van der Waals surface area contributed by atoms with Gasteiger partial charge in [-0.2, -0.15) is 0 Å².